The maximum Gasteiger partial charge on any atom is 0.124 e. The Bertz CT molecular complexity index is 680. The molecule has 1 aliphatic heterocycles. The number of hydrogen-bond donors (Lipinski definition) is 0. The molecule has 3 rings (SSSR count). The molecule has 0 bridgehead atoms. The van der Waals surface area contributed by atoms with Gasteiger partial charge in [0.1, 0.15) is 11.9 Å². The van der Waals surface area contributed by atoms with E-state index in [4.69, 9.17) is 21.1 Å². The lowest BCUT2D eigenvalue weighted by molar-refractivity contribution is 0.141. The van der Waals surface area contributed by atoms with Gasteiger partial charge in [-0.15, -0.1) is 0 Å². The number of benzene rings is 2. The molecule has 1 atom stereocenters. The average Bonchev–Trinajstić information content (AvgIpc) is 3.03. The second kappa shape index (κ2) is 7.16. The molecule has 0 radical (unpaired) electrons. The first kappa shape index (κ1) is 17.3. The normalized spacial score (nSPS) is 17.9. The predicted octanol–water partition coefficient (Wildman–Crippen LogP) is 5.40. The van der Waals surface area contributed by atoms with Crippen LogP contribution in [0.5, 0.6) is 5.75 Å². The number of hydrogen-bond acceptors (Lipinski definition) is 2. The van der Waals surface area contributed by atoms with Crippen molar-refractivity contribution in [3.63, 3.8) is 0 Å². The molecule has 2 aromatic rings. The van der Waals surface area contributed by atoms with Crippen LogP contribution < -0.4 is 4.74 Å². The molecule has 0 aliphatic carbocycles. The van der Waals surface area contributed by atoms with E-state index in [9.17, 15) is 0 Å². The Kier molecular flexibility index (Phi) is 5.17. The van der Waals surface area contributed by atoms with Gasteiger partial charge in [-0.25, -0.2) is 0 Å². The van der Waals surface area contributed by atoms with Crippen LogP contribution in [0.3, 0.4) is 0 Å². The summed E-state index contributed by atoms with van der Waals surface area (Å²) in [5.74, 6) is 0.906. The molecular weight excluding hydrogens is 320 g/mol. The number of ether oxygens (including phenoxy) is 2. The molecule has 1 fully saturated rings. The van der Waals surface area contributed by atoms with Crippen molar-refractivity contribution in [2.75, 3.05) is 13.2 Å². The first-order chi connectivity index (χ1) is 11.4. The summed E-state index contributed by atoms with van der Waals surface area (Å²) in [5.41, 5.74) is 3.84. The standard InChI is InChI=1S/C21H25ClO2/c1-21(2,3)17-6-9-20(22)16(13-17)12-15-4-7-18(8-5-15)24-19-10-11-23-14-19/h4-9,13,19H,10-12,14H2,1-3H3/t19-/m0/s1. The van der Waals surface area contributed by atoms with E-state index in [1.54, 1.807) is 0 Å². The Morgan fingerprint density at radius 2 is 1.88 bits per heavy atom. The van der Waals surface area contributed by atoms with Crippen LogP contribution in [-0.2, 0) is 16.6 Å². The number of halogens is 1. The maximum atomic E-state index is 6.40. The third-order valence-electron chi connectivity index (χ3n) is 4.42. The summed E-state index contributed by atoms with van der Waals surface area (Å²) in [4.78, 5) is 0. The molecule has 128 valence electrons. The van der Waals surface area contributed by atoms with Crippen molar-refractivity contribution >= 4 is 11.6 Å². The molecule has 0 aromatic heterocycles. The Hall–Kier alpha value is -1.51. The highest BCUT2D eigenvalue weighted by Gasteiger charge is 2.17. The monoisotopic (exact) mass is 344 g/mol. The van der Waals surface area contributed by atoms with Crippen molar-refractivity contribution in [1.82, 2.24) is 0 Å². The summed E-state index contributed by atoms with van der Waals surface area (Å²) in [6.07, 6.45) is 1.99. The van der Waals surface area contributed by atoms with E-state index in [0.29, 0.717) is 6.61 Å². The molecule has 2 nitrogen and oxygen atoms in total. The largest absolute Gasteiger partial charge is 0.488 e. The molecule has 24 heavy (non-hydrogen) atoms. The van der Waals surface area contributed by atoms with Crippen LogP contribution in [0.25, 0.3) is 0 Å². The van der Waals surface area contributed by atoms with Crippen LogP contribution in [0, 0.1) is 0 Å². The molecule has 1 saturated heterocycles. The van der Waals surface area contributed by atoms with E-state index in [0.717, 1.165) is 30.2 Å². The van der Waals surface area contributed by atoms with Gasteiger partial charge in [-0.2, -0.15) is 0 Å². The smallest absolute Gasteiger partial charge is 0.124 e. The Labute approximate surface area is 149 Å². The fraction of sp³-hybridized carbons (Fsp3) is 0.429. The molecule has 1 heterocycles. The van der Waals surface area contributed by atoms with Crippen LogP contribution in [0.15, 0.2) is 42.5 Å². The Morgan fingerprint density at radius 3 is 2.50 bits per heavy atom. The maximum absolute atomic E-state index is 6.40. The average molecular weight is 345 g/mol. The molecule has 0 spiro atoms. The van der Waals surface area contributed by atoms with Gasteiger partial charge in [0.05, 0.1) is 13.2 Å². The third kappa shape index (κ3) is 4.31. The second-order valence-electron chi connectivity index (χ2n) is 7.48. The summed E-state index contributed by atoms with van der Waals surface area (Å²) >= 11 is 6.40. The number of rotatable bonds is 4. The van der Waals surface area contributed by atoms with Crippen molar-refractivity contribution in [3.8, 4) is 5.75 Å². The van der Waals surface area contributed by atoms with Crippen LogP contribution >= 0.6 is 11.6 Å². The summed E-state index contributed by atoms with van der Waals surface area (Å²) < 4.78 is 11.3. The summed E-state index contributed by atoms with van der Waals surface area (Å²) in [7, 11) is 0. The quantitative estimate of drug-likeness (QED) is 0.739. The van der Waals surface area contributed by atoms with Gasteiger partial charge in [0.25, 0.3) is 0 Å². The molecule has 1 aliphatic rings. The van der Waals surface area contributed by atoms with Gasteiger partial charge in [-0.3, -0.25) is 0 Å². The van der Waals surface area contributed by atoms with Crippen LogP contribution in [0.4, 0.5) is 0 Å². The van der Waals surface area contributed by atoms with E-state index >= 15 is 0 Å². The predicted molar refractivity (Wildman–Crippen MR) is 99.3 cm³/mol. The van der Waals surface area contributed by atoms with Gasteiger partial charge in [-0.1, -0.05) is 56.6 Å². The second-order valence-corrected chi connectivity index (χ2v) is 7.89. The van der Waals surface area contributed by atoms with Crippen LogP contribution in [0.2, 0.25) is 5.02 Å². The minimum atomic E-state index is 0.125. The van der Waals surface area contributed by atoms with Crippen LogP contribution in [-0.4, -0.2) is 19.3 Å². The van der Waals surface area contributed by atoms with E-state index in [2.05, 4.69) is 45.0 Å². The van der Waals surface area contributed by atoms with Crippen molar-refractivity contribution in [1.29, 1.82) is 0 Å². The SMILES string of the molecule is CC(C)(C)c1ccc(Cl)c(Cc2ccc(O[C@H]3CCOC3)cc2)c1. The lowest BCUT2D eigenvalue weighted by Crippen LogP contribution is -2.15. The zero-order valence-electron chi connectivity index (χ0n) is 14.6. The van der Waals surface area contributed by atoms with Gasteiger partial charge in [-0.05, 0) is 46.7 Å². The zero-order valence-corrected chi connectivity index (χ0v) is 15.4. The zero-order chi connectivity index (χ0) is 17.2. The fourth-order valence-electron chi connectivity index (χ4n) is 2.88. The van der Waals surface area contributed by atoms with Crippen LogP contribution in [0.1, 0.15) is 43.9 Å². The highest BCUT2D eigenvalue weighted by molar-refractivity contribution is 6.31. The minimum Gasteiger partial charge on any atom is -0.488 e. The summed E-state index contributed by atoms with van der Waals surface area (Å²) in [6, 6.07) is 14.7. The molecule has 0 N–H and O–H groups in total. The Balaban J connectivity index is 1.71. The van der Waals surface area contributed by atoms with Gasteiger partial charge < -0.3 is 9.47 Å². The van der Waals surface area contributed by atoms with E-state index in [1.165, 1.54) is 16.7 Å². The van der Waals surface area contributed by atoms with Gasteiger partial charge in [0.15, 0.2) is 0 Å². The lowest BCUT2D eigenvalue weighted by atomic mass is 9.85. The molecule has 3 heteroatoms. The van der Waals surface area contributed by atoms with Crippen molar-refractivity contribution < 1.29 is 9.47 Å². The fourth-order valence-corrected chi connectivity index (χ4v) is 3.07. The first-order valence-corrected chi connectivity index (χ1v) is 8.92. The van der Waals surface area contributed by atoms with Gasteiger partial charge >= 0.3 is 0 Å². The summed E-state index contributed by atoms with van der Waals surface area (Å²) in [6.45, 7) is 8.15. The molecule has 0 unspecified atom stereocenters. The van der Waals surface area contributed by atoms with Gasteiger partial charge in [0.2, 0.25) is 0 Å². The highest BCUT2D eigenvalue weighted by Crippen LogP contribution is 2.28. The van der Waals surface area contributed by atoms with E-state index < -0.39 is 0 Å². The van der Waals surface area contributed by atoms with E-state index in [-0.39, 0.29) is 11.5 Å². The van der Waals surface area contributed by atoms with Crippen molar-refractivity contribution in [2.45, 2.75) is 45.1 Å². The molecule has 0 amide bonds. The highest BCUT2D eigenvalue weighted by atomic mass is 35.5. The third-order valence-corrected chi connectivity index (χ3v) is 4.79. The minimum absolute atomic E-state index is 0.125. The molecule has 2 aromatic carbocycles. The topological polar surface area (TPSA) is 18.5 Å². The molecule has 0 saturated carbocycles. The molecular formula is C21H25ClO2. The Morgan fingerprint density at radius 1 is 1.12 bits per heavy atom. The first-order valence-electron chi connectivity index (χ1n) is 8.54. The van der Waals surface area contributed by atoms with Gasteiger partial charge in [0, 0.05) is 11.4 Å². The van der Waals surface area contributed by atoms with Crippen molar-refractivity contribution in [2.24, 2.45) is 0 Å². The summed E-state index contributed by atoms with van der Waals surface area (Å²) in [5, 5.41) is 0.825. The van der Waals surface area contributed by atoms with E-state index in [1.807, 2.05) is 18.2 Å². The lowest BCUT2D eigenvalue weighted by Gasteiger charge is -2.20. The van der Waals surface area contributed by atoms with Crippen molar-refractivity contribution in [3.05, 3.63) is 64.2 Å².